The number of carbonyl (C=O) groups is 1. The first-order valence-corrected chi connectivity index (χ1v) is 6.04. The van der Waals surface area contributed by atoms with E-state index in [0.29, 0.717) is 19.3 Å². The fourth-order valence-electron chi connectivity index (χ4n) is 0.856. The third-order valence-electron chi connectivity index (χ3n) is 1.50. The summed E-state index contributed by atoms with van der Waals surface area (Å²) in [5, 5.41) is 7.88. The lowest BCUT2D eigenvalue weighted by Gasteiger charge is -1.98. The molecule has 5 nitrogen and oxygen atoms in total. The predicted molar refractivity (Wildman–Crippen MR) is 46.9 cm³/mol. The van der Waals surface area contributed by atoms with E-state index in [-0.39, 0.29) is 12.2 Å². The zero-order valence-corrected chi connectivity index (χ0v) is 8.34. The molecular weight excluding hydrogens is 196 g/mol. The number of carbonyl (C=O) groups excluding carboxylic acids is 1. The Labute approximate surface area is 77.6 Å². The van der Waals surface area contributed by atoms with Crippen molar-refractivity contribution in [2.75, 3.05) is 12.0 Å². The molecule has 0 aliphatic rings. The largest absolute Gasteiger partial charge is 0.342 e. The lowest BCUT2D eigenvalue weighted by molar-refractivity contribution is -0.234. The molecule has 0 saturated heterocycles. The summed E-state index contributed by atoms with van der Waals surface area (Å²) in [6, 6.07) is 0. The molecule has 0 aromatic carbocycles. The predicted octanol–water partition coefficient (Wildman–Crippen LogP) is 0.608. The van der Waals surface area contributed by atoms with Crippen LogP contribution in [0.15, 0.2) is 0 Å². The highest BCUT2D eigenvalue weighted by molar-refractivity contribution is 7.90. The Kier molecular flexibility index (Phi) is 5.65. The molecule has 0 aromatic rings. The normalized spacial score (nSPS) is 11.2. The van der Waals surface area contributed by atoms with E-state index >= 15 is 0 Å². The van der Waals surface area contributed by atoms with Crippen LogP contribution in [0.5, 0.6) is 0 Å². The van der Waals surface area contributed by atoms with E-state index in [2.05, 4.69) is 4.89 Å². The van der Waals surface area contributed by atoms with Crippen LogP contribution in [-0.4, -0.2) is 31.7 Å². The molecule has 0 atom stereocenters. The third kappa shape index (κ3) is 9.29. The molecule has 13 heavy (non-hydrogen) atoms. The highest BCUT2D eigenvalue weighted by Crippen LogP contribution is 2.02. The smallest absolute Gasteiger partial charge is 0.301 e. The Morgan fingerprint density at radius 1 is 1.31 bits per heavy atom. The second-order valence-corrected chi connectivity index (χ2v) is 5.16. The van der Waals surface area contributed by atoms with Gasteiger partial charge >= 0.3 is 5.97 Å². The molecule has 0 bridgehead atoms. The SMILES string of the molecule is CS(=O)(=O)CCCCCC(=O)OO. The molecule has 0 aromatic heterocycles. The average molecular weight is 210 g/mol. The summed E-state index contributed by atoms with van der Waals surface area (Å²) in [5.74, 6) is -0.541. The lowest BCUT2D eigenvalue weighted by atomic mass is 10.2. The molecule has 0 fully saturated rings. The fourth-order valence-corrected chi connectivity index (χ4v) is 1.58. The molecule has 78 valence electrons. The molecule has 0 saturated carbocycles. The van der Waals surface area contributed by atoms with Crippen LogP contribution in [0, 0.1) is 0 Å². The molecule has 6 heteroatoms. The Bertz CT molecular complexity index is 244. The highest BCUT2D eigenvalue weighted by atomic mass is 32.2. The highest BCUT2D eigenvalue weighted by Gasteiger charge is 2.03. The molecule has 1 N–H and O–H groups in total. The van der Waals surface area contributed by atoms with Crippen molar-refractivity contribution in [3.8, 4) is 0 Å². The minimum absolute atomic E-state index is 0.125. The molecule has 0 aliphatic carbocycles. The van der Waals surface area contributed by atoms with Gasteiger partial charge in [0, 0.05) is 18.4 Å². The van der Waals surface area contributed by atoms with E-state index in [0.717, 1.165) is 0 Å². The van der Waals surface area contributed by atoms with E-state index < -0.39 is 15.8 Å². The van der Waals surface area contributed by atoms with Gasteiger partial charge in [-0.15, -0.1) is 0 Å². The van der Waals surface area contributed by atoms with Gasteiger partial charge in [0.1, 0.15) is 9.84 Å². The van der Waals surface area contributed by atoms with Crippen LogP contribution in [0.2, 0.25) is 0 Å². The van der Waals surface area contributed by atoms with Gasteiger partial charge < -0.3 is 4.89 Å². The molecule has 0 heterocycles. The zero-order chi connectivity index (χ0) is 10.3. The van der Waals surface area contributed by atoms with E-state index in [1.807, 2.05) is 0 Å². The van der Waals surface area contributed by atoms with Crippen LogP contribution in [0.3, 0.4) is 0 Å². The quantitative estimate of drug-likeness (QED) is 0.394. The molecule has 0 rings (SSSR count). The monoisotopic (exact) mass is 210 g/mol. The van der Waals surface area contributed by atoms with Crippen LogP contribution in [0.1, 0.15) is 25.7 Å². The summed E-state index contributed by atoms with van der Waals surface area (Å²) in [7, 11) is -2.90. The summed E-state index contributed by atoms with van der Waals surface area (Å²) in [6.45, 7) is 0. The number of hydrogen-bond donors (Lipinski definition) is 1. The van der Waals surface area contributed by atoms with Gasteiger partial charge in [-0.05, 0) is 12.8 Å². The number of unbranched alkanes of at least 4 members (excludes halogenated alkanes) is 2. The van der Waals surface area contributed by atoms with Gasteiger partial charge in [0.2, 0.25) is 0 Å². The lowest BCUT2D eigenvalue weighted by Crippen LogP contribution is -2.04. The van der Waals surface area contributed by atoms with Gasteiger partial charge in [0.15, 0.2) is 0 Å². The van der Waals surface area contributed by atoms with Crippen LogP contribution in [-0.2, 0) is 19.5 Å². The maximum Gasteiger partial charge on any atom is 0.342 e. The molecule has 0 spiro atoms. The Hall–Kier alpha value is -0.620. The summed E-state index contributed by atoms with van der Waals surface area (Å²) >= 11 is 0. The Morgan fingerprint density at radius 2 is 1.92 bits per heavy atom. The Morgan fingerprint density at radius 3 is 2.38 bits per heavy atom. The van der Waals surface area contributed by atoms with Gasteiger partial charge in [0.25, 0.3) is 0 Å². The zero-order valence-electron chi connectivity index (χ0n) is 7.52. The van der Waals surface area contributed by atoms with Gasteiger partial charge in [0.05, 0.1) is 0 Å². The minimum atomic E-state index is -2.90. The van der Waals surface area contributed by atoms with Crippen LogP contribution >= 0.6 is 0 Å². The second kappa shape index (κ2) is 5.93. The number of rotatable bonds is 6. The van der Waals surface area contributed by atoms with Crippen molar-refractivity contribution in [3.63, 3.8) is 0 Å². The molecular formula is C7H14O5S. The van der Waals surface area contributed by atoms with Crippen molar-refractivity contribution in [1.82, 2.24) is 0 Å². The van der Waals surface area contributed by atoms with Gasteiger partial charge in [-0.25, -0.2) is 13.2 Å². The summed E-state index contributed by atoms with van der Waals surface area (Å²) < 4.78 is 21.3. The first-order chi connectivity index (χ1) is 5.95. The van der Waals surface area contributed by atoms with Crippen LogP contribution < -0.4 is 0 Å². The van der Waals surface area contributed by atoms with Crippen molar-refractivity contribution in [2.45, 2.75) is 25.7 Å². The van der Waals surface area contributed by atoms with Crippen molar-refractivity contribution in [1.29, 1.82) is 0 Å². The van der Waals surface area contributed by atoms with Crippen LogP contribution in [0.25, 0.3) is 0 Å². The fraction of sp³-hybridized carbons (Fsp3) is 0.857. The topological polar surface area (TPSA) is 80.7 Å². The molecule has 0 radical (unpaired) electrons. The first kappa shape index (κ1) is 12.4. The van der Waals surface area contributed by atoms with E-state index in [4.69, 9.17) is 5.26 Å². The minimum Gasteiger partial charge on any atom is -0.301 e. The molecule has 0 amide bonds. The van der Waals surface area contributed by atoms with Gasteiger partial charge in [-0.2, -0.15) is 5.26 Å². The number of hydrogen-bond acceptors (Lipinski definition) is 5. The van der Waals surface area contributed by atoms with Gasteiger partial charge in [-0.1, -0.05) is 6.42 Å². The maximum atomic E-state index is 10.7. The van der Waals surface area contributed by atoms with Crippen molar-refractivity contribution >= 4 is 15.8 Å². The van der Waals surface area contributed by atoms with Crippen molar-refractivity contribution in [3.05, 3.63) is 0 Å². The van der Waals surface area contributed by atoms with E-state index in [1.165, 1.54) is 6.26 Å². The summed E-state index contributed by atoms with van der Waals surface area (Å²) in [4.78, 5) is 13.8. The first-order valence-electron chi connectivity index (χ1n) is 3.97. The Balaban J connectivity index is 3.33. The average Bonchev–Trinajstić information content (AvgIpc) is 2.01. The summed E-state index contributed by atoms with van der Waals surface area (Å²) in [5.41, 5.74) is 0. The molecule has 0 unspecified atom stereocenters. The van der Waals surface area contributed by atoms with E-state index in [9.17, 15) is 13.2 Å². The van der Waals surface area contributed by atoms with Crippen LogP contribution in [0.4, 0.5) is 0 Å². The second-order valence-electron chi connectivity index (χ2n) is 2.90. The van der Waals surface area contributed by atoms with E-state index in [1.54, 1.807) is 0 Å². The standard InChI is InChI=1S/C7H14O5S/c1-13(10,11)6-4-2-3-5-7(8)12-9/h9H,2-6H2,1H3. The number of sulfone groups is 1. The maximum absolute atomic E-state index is 10.7. The van der Waals surface area contributed by atoms with Gasteiger partial charge in [-0.3, -0.25) is 0 Å². The molecule has 0 aliphatic heterocycles. The third-order valence-corrected chi connectivity index (χ3v) is 2.53. The van der Waals surface area contributed by atoms with Crippen molar-refractivity contribution in [2.24, 2.45) is 0 Å². The summed E-state index contributed by atoms with van der Waals surface area (Å²) in [6.07, 6.45) is 3.02. The van der Waals surface area contributed by atoms with Crippen molar-refractivity contribution < 1.29 is 23.4 Å².